The standard InChI is InChI=1S/C18H28O5.C18H26O5.CH4.2H2S/c2*1-12-13(2)17-15(6-7-18(4,10-19)23-17)14(3)16(12)22-11-21-9-8-20-5;;;/h19H,6-11H2,1-5H3;10H,6-9,11H2,1-5H3;1H4;2*1H2/t2*18-;;;/m00.../s1. The fourth-order valence-corrected chi connectivity index (χ4v) is 5.76. The molecule has 0 aliphatic carbocycles. The largest absolute Gasteiger partial charge is 0.485 e. The Bertz CT molecular complexity index is 1350. The van der Waals surface area contributed by atoms with Gasteiger partial charge in [-0.25, -0.2) is 0 Å². The van der Waals surface area contributed by atoms with Crippen LogP contribution in [0.5, 0.6) is 23.0 Å². The van der Waals surface area contributed by atoms with Crippen molar-refractivity contribution < 1.29 is 47.8 Å². The maximum absolute atomic E-state index is 11.3. The molecular weight excluding hydrogens is 669 g/mol. The molecule has 2 atom stereocenters. The van der Waals surface area contributed by atoms with Crippen molar-refractivity contribution in [3.05, 3.63) is 44.5 Å². The van der Waals surface area contributed by atoms with Gasteiger partial charge >= 0.3 is 0 Å². The average Bonchev–Trinajstić information content (AvgIpc) is 3.05. The van der Waals surface area contributed by atoms with Crippen LogP contribution in [0.1, 0.15) is 78.6 Å². The predicted octanol–water partition coefficient (Wildman–Crippen LogP) is 6.44. The molecule has 2 aromatic rings. The molecule has 2 aliphatic heterocycles. The summed E-state index contributed by atoms with van der Waals surface area (Å²) >= 11 is 0. The van der Waals surface area contributed by atoms with E-state index in [9.17, 15) is 9.90 Å². The highest BCUT2D eigenvalue weighted by atomic mass is 32.1. The Balaban J connectivity index is 0.000000886. The lowest BCUT2D eigenvalue weighted by atomic mass is 9.87. The zero-order valence-corrected chi connectivity index (χ0v) is 32.5. The van der Waals surface area contributed by atoms with Crippen LogP contribution >= 0.6 is 27.0 Å². The van der Waals surface area contributed by atoms with Gasteiger partial charge in [-0.1, -0.05) is 7.43 Å². The van der Waals surface area contributed by atoms with Crippen LogP contribution in [0.25, 0.3) is 0 Å². The predicted molar refractivity (Wildman–Crippen MR) is 203 cm³/mol. The van der Waals surface area contributed by atoms with Gasteiger partial charge in [0, 0.05) is 25.3 Å². The summed E-state index contributed by atoms with van der Waals surface area (Å²) < 4.78 is 44.5. The molecule has 0 saturated carbocycles. The normalized spacial score (nSPS) is 18.8. The van der Waals surface area contributed by atoms with Gasteiger partial charge in [-0.3, -0.25) is 4.79 Å². The number of rotatable bonds is 14. The highest BCUT2D eigenvalue weighted by molar-refractivity contribution is 7.59. The van der Waals surface area contributed by atoms with Crippen molar-refractivity contribution in [3.63, 3.8) is 0 Å². The number of aliphatic hydroxyl groups excluding tert-OH is 1. The minimum atomic E-state index is -0.734. The first-order chi connectivity index (χ1) is 21.9. The monoisotopic (exact) mass is 730 g/mol. The van der Waals surface area contributed by atoms with Crippen LogP contribution in [-0.4, -0.2) is 83.4 Å². The van der Waals surface area contributed by atoms with Gasteiger partial charge in [0.1, 0.15) is 28.6 Å². The highest BCUT2D eigenvalue weighted by Gasteiger charge is 2.35. The zero-order valence-electron chi connectivity index (χ0n) is 30.5. The molecule has 12 heteroatoms. The van der Waals surface area contributed by atoms with Crippen molar-refractivity contribution in [2.75, 3.05) is 60.8 Å². The maximum atomic E-state index is 11.3. The molecule has 0 aromatic heterocycles. The molecule has 4 rings (SSSR count). The van der Waals surface area contributed by atoms with Gasteiger partial charge in [0.25, 0.3) is 0 Å². The summed E-state index contributed by atoms with van der Waals surface area (Å²) in [7, 11) is 3.28. The van der Waals surface area contributed by atoms with Gasteiger partial charge in [-0.2, -0.15) is 27.0 Å². The van der Waals surface area contributed by atoms with E-state index < -0.39 is 11.2 Å². The van der Waals surface area contributed by atoms with E-state index in [0.717, 1.165) is 87.5 Å². The molecule has 2 heterocycles. The quantitative estimate of drug-likeness (QED) is 0.132. The van der Waals surface area contributed by atoms with Crippen LogP contribution in [0.15, 0.2) is 0 Å². The second-order valence-electron chi connectivity index (χ2n) is 12.6. The smallest absolute Gasteiger partial charge is 0.189 e. The van der Waals surface area contributed by atoms with E-state index in [1.807, 2.05) is 48.5 Å². The van der Waals surface area contributed by atoms with Crippen molar-refractivity contribution in [3.8, 4) is 23.0 Å². The molecule has 0 unspecified atom stereocenters. The van der Waals surface area contributed by atoms with Crippen molar-refractivity contribution in [2.24, 2.45) is 0 Å². The summed E-state index contributed by atoms with van der Waals surface area (Å²) in [6.07, 6.45) is 4.05. The lowest BCUT2D eigenvalue weighted by Gasteiger charge is -2.37. The first kappa shape index (κ1) is 46.8. The Morgan fingerprint density at radius 1 is 0.673 bits per heavy atom. The van der Waals surface area contributed by atoms with E-state index in [2.05, 4.69) is 6.92 Å². The first-order valence-electron chi connectivity index (χ1n) is 16.0. The Hall–Kier alpha value is -2.19. The van der Waals surface area contributed by atoms with E-state index in [-0.39, 0.29) is 54.6 Å². The van der Waals surface area contributed by atoms with Crippen LogP contribution < -0.4 is 18.9 Å². The Morgan fingerprint density at radius 3 is 1.51 bits per heavy atom. The summed E-state index contributed by atoms with van der Waals surface area (Å²) in [6, 6.07) is 0. The third-order valence-electron chi connectivity index (χ3n) is 9.10. The zero-order chi connectivity index (χ0) is 34.1. The number of carbonyl (C=O) groups is 1. The van der Waals surface area contributed by atoms with Gasteiger partial charge in [-0.15, -0.1) is 0 Å². The Morgan fingerprint density at radius 2 is 1.10 bits per heavy atom. The minimum Gasteiger partial charge on any atom is -0.485 e. The van der Waals surface area contributed by atoms with Crippen molar-refractivity contribution in [1.29, 1.82) is 0 Å². The van der Waals surface area contributed by atoms with Crippen molar-refractivity contribution >= 4 is 33.3 Å². The number of fused-ring (bicyclic) bond motifs is 2. The maximum Gasteiger partial charge on any atom is 0.189 e. The molecule has 2 aromatic carbocycles. The van der Waals surface area contributed by atoms with E-state index >= 15 is 0 Å². The third kappa shape index (κ3) is 11.4. The molecule has 1 N–H and O–H groups in total. The van der Waals surface area contributed by atoms with Crippen LogP contribution in [0.3, 0.4) is 0 Å². The van der Waals surface area contributed by atoms with Gasteiger partial charge < -0.3 is 43.0 Å². The van der Waals surface area contributed by atoms with E-state index in [4.69, 9.17) is 37.9 Å². The lowest BCUT2D eigenvalue weighted by Crippen LogP contribution is -2.40. The van der Waals surface area contributed by atoms with Gasteiger partial charge in [0.05, 0.1) is 33.0 Å². The number of aliphatic hydroxyl groups is 1. The van der Waals surface area contributed by atoms with Crippen LogP contribution in [-0.2, 0) is 36.6 Å². The molecule has 0 amide bonds. The second-order valence-corrected chi connectivity index (χ2v) is 12.6. The number of methoxy groups -OCH3 is 2. The topological polar surface area (TPSA) is 111 Å². The number of benzene rings is 2. The molecule has 282 valence electrons. The minimum absolute atomic E-state index is 0. The summed E-state index contributed by atoms with van der Waals surface area (Å²) in [6.45, 7) is 18.5. The van der Waals surface area contributed by atoms with Gasteiger partial charge in [0.15, 0.2) is 25.5 Å². The van der Waals surface area contributed by atoms with Gasteiger partial charge in [-0.05, 0) is 114 Å². The summed E-state index contributed by atoms with van der Waals surface area (Å²) in [5.74, 6) is 3.44. The Kier molecular flexibility index (Phi) is 20.3. The molecule has 0 bridgehead atoms. The molecular formula is C37H62O10S2. The molecule has 2 aliphatic rings. The number of hydrogen-bond acceptors (Lipinski definition) is 10. The third-order valence-corrected chi connectivity index (χ3v) is 9.10. The number of aldehydes is 1. The fourth-order valence-electron chi connectivity index (χ4n) is 5.76. The number of hydrogen-bond donors (Lipinski definition) is 1. The summed E-state index contributed by atoms with van der Waals surface area (Å²) in [4.78, 5) is 11.3. The summed E-state index contributed by atoms with van der Waals surface area (Å²) in [5.41, 5.74) is 7.38. The molecule has 0 radical (unpaired) electrons. The first-order valence-corrected chi connectivity index (χ1v) is 16.0. The SMILES string of the molecule is C.COCCOCOc1c(C)c(C)c2c(c1C)CC[C@@](C)(C=O)O2.COCCOCOc1c(C)c(C)c2c(c1C)CC[C@@](C)(CO)O2.S.S. The molecule has 0 spiro atoms. The van der Waals surface area contributed by atoms with Crippen LogP contribution in [0, 0.1) is 41.5 Å². The molecule has 0 saturated heterocycles. The van der Waals surface area contributed by atoms with Crippen molar-refractivity contribution in [2.45, 2.75) is 99.7 Å². The lowest BCUT2D eigenvalue weighted by molar-refractivity contribution is -0.121. The van der Waals surface area contributed by atoms with E-state index in [1.165, 1.54) is 5.56 Å². The average molecular weight is 731 g/mol. The van der Waals surface area contributed by atoms with Crippen LogP contribution in [0.4, 0.5) is 0 Å². The number of ether oxygens (including phenoxy) is 8. The highest BCUT2D eigenvalue weighted by Crippen LogP contribution is 2.44. The van der Waals surface area contributed by atoms with E-state index in [0.29, 0.717) is 32.8 Å². The van der Waals surface area contributed by atoms with Crippen molar-refractivity contribution in [1.82, 2.24) is 0 Å². The number of carbonyl (C=O) groups excluding carboxylic acids is 1. The second kappa shape index (κ2) is 21.2. The fraction of sp³-hybridized carbons (Fsp3) is 0.649. The van der Waals surface area contributed by atoms with E-state index in [1.54, 1.807) is 14.2 Å². The van der Waals surface area contributed by atoms with Gasteiger partial charge in [0.2, 0.25) is 0 Å². The summed E-state index contributed by atoms with van der Waals surface area (Å²) in [5, 5.41) is 9.57. The Labute approximate surface area is 308 Å². The molecule has 0 fully saturated rings. The molecule has 49 heavy (non-hydrogen) atoms. The van der Waals surface area contributed by atoms with Crippen LogP contribution in [0.2, 0.25) is 0 Å². The molecule has 10 nitrogen and oxygen atoms in total.